The predicted octanol–water partition coefficient (Wildman–Crippen LogP) is 6.29. The predicted molar refractivity (Wildman–Crippen MR) is 143 cm³/mol. The number of aryl methyl sites for hydroxylation is 1. The number of aliphatic hydroxyl groups excluding tert-OH is 1. The molecule has 0 bridgehead atoms. The number of aromatic nitrogens is 2. The van der Waals surface area contributed by atoms with Crippen LogP contribution in [0.15, 0.2) is 102 Å². The van der Waals surface area contributed by atoms with Crippen molar-refractivity contribution in [1.29, 1.82) is 0 Å². The Bertz CT molecular complexity index is 1470. The molecule has 5 aromatic rings. The van der Waals surface area contributed by atoms with E-state index in [9.17, 15) is 5.11 Å². The third-order valence-electron chi connectivity index (χ3n) is 6.08. The highest BCUT2D eigenvalue weighted by atomic mass is 16.5. The van der Waals surface area contributed by atoms with Gasteiger partial charge < -0.3 is 23.8 Å². The lowest BCUT2D eigenvalue weighted by Crippen LogP contribution is -2.06. The molecule has 0 aliphatic rings. The van der Waals surface area contributed by atoms with E-state index in [0.717, 1.165) is 11.1 Å². The zero-order chi connectivity index (χ0) is 26.3. The van der Waals surface area contributed by atoms with Gasteiger partial charge in [-0.3, -0.25) is 0 Å². The van der Waals surface area contributed by atoms with Gasteiger partial charge in [0.15, 0.2) is 11.5 Å². The molecular weight excluding hydrogens is 480 g/mol. The highest BCUT2D eigenvalue weighted by Gasteiger charge is 2.23. The van der Waals surface area contributed by atoms with Gasteiger partial charge in [0, 0.05) is 18.1 Å². The van der Waals surface area contributed by atoms with Crippen LogP contribution in [0.5, 0.6) is 17.2 Å². The molecule has 0 aliphatic carbocycles. The van der Waals surface area contributed by atoms with Gasteiger partial charge in [0.05, 0.1) is 7.11 Å². The van der Waals surface area contributed by atoms with E-state index in [1.165, 1.54) is 0 Å². The fraction of sp³-hybridized carbons (Fsp3) is 0.161. The fourth-order valence-corrected chi connectivity index (χ4v) is 4.08. The molecule has 4 aromatic carbocycles. The molecule has 1 N–H and O–H groups in total. The van der Waals surface area contributed by atoms with Gasteiger partial charge in [-0.15, -0.1) is 0 Å². The minimum absolute atomic E-state index is 0.348. The number of hydrogen-bond donors (Lipinski definition) is 1. The Balaban J connectivity index is 1.44. The van der Waals surface area contributed by atoms with E-state index in [1.807, 2.05) is 84.9 Å². The monoisotopic (exact) mass is 508 g/mol. The molecule has 38 heavy (non-hydrogen) atoms. The van der Waals surface area contributed by atoms with E-state index in [1.54, 1.807) is 26.2 Å². The molecule has 7 heteroatoms. The van der Waals surface area contributed by atoms with Crippen molar-refractivity contribution in [2.24, 2.45) is 0 Å². The van der Waals surface area contributed by atoms with Gasteiger partial charge in [0.25, 0.3) is 0 Å². The van der Waals surface area contributed by atoms with Crippen molar-refractivity contribution in [1.82, 2.24) is 10.1 Å². The number of ether oxygens (including phenoxy) is 3. The number of benzene rings is 4. The van der Waals surface area contributed by atoms with Crippen molar-refractivity contribution in [3.63, 3.8) is 0 Å². The SMILES string of the molecule is COc1cc(-c2noc(C)n2)c(C(O)c2ccc(OCc3ccccc3)cc2)cc1OCc1ccccc1. The Morgan fingerprint density at radius 1 is 0.789 bits per heavy atom. The number of nitrogens with zero attached hydrogens (tertiary/aromatic N) is 2. The van der Waals surface area contributed by atoms with Gasteiger partial charge in [-0.1, -0.05) is 78.0 Å². The van der Waals surface area contributed by atoms with E-state index in [-0.39, 0.29) is 0 Å². The van der Waals surface area contributed by atoms with Crippen LogP contribution < -0.4 is 14.2 Å². The van der Waals surface area contributed by atoms with Crippen LogP contribution >= 0.6 is 0 Å². The largest absolute Gasteiger partial charge is 0.493 e. The Kier molecular flexibility index (Phi) is 7.66. The molecule has 1 heterocycles. The number of methoxy groups -OCH3 is 1. The van der Waals surface area contributed by atoms with Crippen molar-refractivity contribution in [3.05, 3.63) is 125 Å². The Labute approximate surface area is 221 Å². The first kappa shape index (κ1) is 25.0. The summed E-state index contributed by atoms with van der Waals surface area (Å²) in [4.78, 5) is 4.38. The Morgan fingerprint density at radius 2 is 1.42 bits per heavy atom. The van der Waals surface area contributed by atoms with Crippen LogP contribution in [0, 0.1) is 6.92 Å². The van der Waals surface area contributed by atoms with Gasteiger partial charge in [0.2, 0.25) is 11.7 Å². The summed E-state index contributed by atoms with van der Waals surface area (Å²) >= 11 is 0. The molecule has 0 saturated carbocycles. The first-order valence-electron chi connectivity index (χ1n) is 12.2. The van der Waals surface area contributed by atoms with E-state index < -0.39 is 6.10 Å². The molecule has 7 nitrogen and oxygen atoms in total. The van der Waals surface area contributed by atoms with Gasteiger partial charge in [-0.25, -0.2) is 0 Å². The lowest BCUT2D eigenvalue weighted by Gasteiger charge is -2.19. The van der Waals surface area contributed by atoms with E-state index in [4.69, 9.17) is 18.7 Å². The van der Waals surface area contributed by atoms with Gasteiger partial charge in [0.1, 0.15) is 25.1 Å². The van der Waals surface area contributed by atoms with Crippen molar-refractivity contribution in [3.8, 4) is 28.6 Å². The van der Waals surface area contributed by atoms with E-state index >= 15 is 0 Å². The molecule has 0 fully saturated rings. The average molecular weight is 509 g/mol. The zero-order valence-corrected chi connectivity index (χ0v) is 21.2. The average Bonchev–Trinajstić information content (AvgIpc) is 3.41. The van der Waals surface area contributed by atoms with Crippen LogP contribution in [0.3, 0.4) is 0 Å². The Hall–Kier alpha value is -4.62. The van der Waals surface area contributed by atoms with Gasteiger partial charge in [-0.2, -0.15) is 4.98 Å². The summed E-state index contributed by atoms with van der Waals surface area (Å²) in [6.07, 6.45) is -0.989. The van der Waals surface area contributed by atoms with Crippen molar-refractivity contribution in [2.75, 3.05) is 7.11 Å². The maximum absolute atomic E-state index is 11.5. The third-order valence-corrected chi connectivity index (χ3v) is 6.08. The summed E-state index contributed by atoms with van der Waals surface area (Å²) in [5.41, 5.74) is 3.92. The second-order valence-electron chi connectivity index (χ2n) is 8.75. The van der Waals surface area contributed by atoms with Crippen LogP contribution in [0.2, 0.25) is 0 Å². The quantitative estimate of drug-likeness (QED) is 0.237. The molecule has 0 amide bonds. The maximum atomic E-state index is 11.5. The Morgan fingerprint density at radius 3 is 2.00 bits per heavy atom. The molecule has 192 valence electrons. The molecule has 0 saturated heterocycles. The smallest absolute Gasteiger partial charge is 0.223 e. The number of hydrogen-bond acceptors (Lipinski definition) is 7. The van der Waals surface area contributed by atoms with Gasteiger partial charge >= 0.3 is 0 Å². The maximum Gasteiger partial charge on any atom is 0.223 e. The summed E-state index contributed by atoms with van der Waals surface area (Å²) in [7, 11) is 1.57. The number of rotatable bonds is 10. The summed E-state index contributed by atoms with van der Waals surface area (Å²) in [6, 6.07) is 30.7. The molecule has 1 atom stereocenters. The van der Waals surface area contributed by atoms with Crippen LogP contribution in [-0.4, -0.2) is 22.4 Å². The zero-order valence-electron chi connectivity index (χ0n) is 21.2. The number of aliphatic hydroxyl groups is 1. The van der Waals surface area contributed by atoms with Crippen LogP contribution in [0.25, 0.3) is 11.4 Å². The van der Waals surface area contributed by atoms with E-state index in [0.29, 0.717) is 58.9 Å². The molecular formula is C31H28N2O5. The van der Waals surface area contributed by atoms with Crippen molar-refractivity contribution >= 4 is 0 Å². The summed E-state index contributed by atoms with van der Waals surface area (Å²) < 4.78 is 22.8. The highest BCUT2D eigenvalue weighted by Crippen LogP contribution is 2.40. The highest BCUT2D eigenvalue weighted by molar-refractivity contribution is 5.67. The summed E-state index contributed by atoms with van der Waals surface area (Å²) in [5, 5.41) is 15.6. The minimum Gasteiger partial charge on any atom is -0.493 e. The second kappa shape index (κ2) is 11.6. The lowest BCUT2D eigenvalue weighted by atomic mass is 9.95. The first-order chi connectivity index (χ1) is 18.6. The molecule has 0 spiro atoms. The molecule has 5 rings (SSSR count). The van der Waals surface area contributed by atoms with Crippen LogP contribution in [-0.2, 0) is 13.2 Å². The first-order valence-corrected chi connectivity index (χ1v) is 12.2. The third kappa shape index (κ3) is 5.85. The van der Waals surface area contributed by atoms with Crippen molar-refractivity contribution < 1.29 is 23.8 Å². The molecule has 1 unspecified atom stereocenters. The van der Waals surface area contributed by atoms with E-state index in [2.05, 4.69) is 10.1 Å². The topological polar surface area (TPSA) is 86.8 Å². The summed E-state index contributed by atoms with van der Waals surface area (Å²) in [6.45, 7) is 2.53. The van der Waals surface area contributed by atoms with Gasteiger partial charge in [-0.05, 0) is 41.0 Å². The fourth-order valence-electron chi connectivity index (χ4n) is 4.08. The lowest BCUT2D eigenvalue weighted by molar-refractivity contribution is 0.218. The molecule has 0 radical (unpaired) electrons. The van der Waals surface area contributed by atoms with Crippen molar-refractivity contribution in [2.45, 2.75) is 26.2 Å². The molecule has 1 aromatic heterocycles. The standard InChI is InChI=1S/C31H28N2O5/c1-21-32-31(33-38-21)27-18-28(35-2)29(37-20-23-11-7-4-8-12-23)17-26(27)30(34)24-13-15-25(16-14-24)36-19-22-9-5-3-6-10-22/h3-18,30,34H,19-20H2,1-2H3. The van der Waals surface area contributed by atoms with Crippen LogP contribution in [0.1, 0.15) is 34.2 Å². The molecule has 0 aliphatic heterocycles. The summed E-state index contributed by atoms with van der Waals surface area (Å²) in [5.74, 6) is 2.48. The minimum atomic E-state index is -0.989. The second-order valence-corrected chi connectivity index (χ2v) is 8.75. The normalized spacial score (nSPS) is 11.7. The van der Waals surface area contributed by atoms with Crippen LogP contribution in [0.4, 0.5) is 0 Å².